The molecule has 21 heavy (non-hydrogen) atoms. The first-order valence-electron chi connectivity index (χ1n) is 6.97. The molecule has 1 aromatic carbocycles. The SMILES string of the molecule is CC(C)(C)CC[C@H](NCc1ccccc1CO)C(=O)O.Cl. The number of carbonyl (C=O) groups is 1. The summed E-state index contributed by atoms with van der Waals surface area (Å²) in [6.07, 6.45) is 1.44. The van der Waals surface area contributed by atoms with Gasteiger partial charge in [0.15, 0.2) is 0 Å². The molecule has 0 aliphatic heterocycles. The Morgan fingerprint density at radius 3 is 2.29 bits per heavy atom. The first kappa shape index (κ1) is 19.9. The number of halogens is 1. The fraction of sp³-hybridized carbons (Fsp3) is 0.562. The van der Waals surface area contributed by atoms with Gasteiger partial charge in [-0.05, 0) is 29.4 Å². The molecule has 0 fully saturated rings. The van der Waals surface area contributed by atoms with Crippen LogP contribution < -0.4 is 5.32 Å². The van der Waals surface area contributed by atoms with Crippen molar-refractivity contribution in [2.45, 2.75) is 52.8 Å². The van der Waals surface area contributed by atoms with Crippen molar-refractivity contribution in [1.29, 1.82) is 0 Å². The summed E-state index contributed by atoms with van der Waals surface area (Å²) in [5.41, 5.74) is 1.90. The highest BCUT2D eigenvalue weighted by atomic mass is 35.5. The van der Waals surface area contributed by atoms with Crippen molar-refractivity contribution in [3.05, 3.63) is 35.4 Å². The zero-order valence-corrected chi connectivity index (χ0v) is 13.7. The van der Waals surface area contributed by atoms with Crippen LogP contribution in [0.1, 0.15) is 44.7 Å². The molecule has 0 saturated carbocycles. The van der Waals surface area contributed by atoms with E-state index in [9.17, 15) is 15.0 Å². The molecular formula is C16H26ClNO3. The van der Waals surface area contributed by atoms with Gasteiger partial charge in [0.2, 0.25) is 0 Å². The fourth-order valence-corrected chi connectivity index (χ4v) is 2.01. The molecule has 0 unspecified atom stereocenters. The van der Waals surface area contributed by atoms with Crippen molar-refractivity contribution < 1.29 is 15.0 Å². The normalized spacial score (nSPS) is 12.6. The van der Waals surface area contributed by atoms with Crippen LogP contribution in [0.25, 0.3) is 0 Å². The number of aliphatic carboxylic acids is 1. The second kappa shape index (κ2) is 9.03. The zero-order valence-electron chi connectivity index (χ0n) is 12.9. The van der Waals surface area contributed by atoms with Crippen molar-refractivity contribution in [2.75, 3.05) is 0 Å². The van der Waals surface area contributed by atoms with Crippen LogP contribution >= 0.6 is 12.4 Å². The van der Waals surface area contributed by atoms with Crippen LogP contribution in [0.2, 0.25) is 0 Å². The minimum Gasteiger partial charge on any atom is -0.480 e. The van der Waals surface area contributed by atoms with Crippen LogP contribution in [0, 0.1) is 5.41 Å². The molecule has 0 bridgehead atoms. The van der Waals surface area contributed by atoms with Crippen LogP contribution in [0.4, 0.5) is 0 Å². The van der Waals surface area contributed by atoms with Gasteiger partial charge in [-0.3, -0.25) is 4.79 Å². The first-order valence-corrected chi connectivity index (χ1v) is 6.97. The molecule has 0 aliphatic rings. The predicted molar refractivity (Wildman–Crippen MR) is 86.6 cm³/mol. The second-order valence-electron chi connectivity index (χ2n) is 6.30. The van der Waals surface area contributed by atoms with Gasteiger partial charge >= 0.3 is 5.97 Å². The molecule has 1 atom stereocenters. The number of aliphatic hydroxyl groups is 1. The molecule has 0 heterocycles. The van der Waals surface area contributed by atoms with Crippen molar-refractivity contribution in [3.8, 4) is 0 Å². The standard InChI is InChI=1S/C16H25NO3.ClH/c1-16(2,3)9-8-14(15(19)20)17-10-12-6-4-5-7-13(12)11-18;/h4-7,14,17-18H,8-11H2,1-3H3,(H,19,20);1H/t14-;/m0./s1. The Morgan fingerprint density at radius 1 is 1.24 bits per heavy atom. The zero-order chi connectivity index (χ0) is 15.2. The highest BCUT2D eigenvalue weighted by molar-refractivity contribution is 5.85. The van der Waals surface area contributed by atoms with Crippen LogP contribution in [0.5, 0.6) is 0 Å². The molecular weight excluding hydrogens is 290 g/mol. The maximum absolute atomic E-state index is 11.3. The molecule has 0 radical (unpaired) electrons. The Balaban J connectivity index is 0.00000400. The molecule has 1 rings (SSSR count). The second-order valence-corrected chi connectivity index (χ2v) is 6.30. The topological polar surface area (TPSA) is 69.6 Å². The number of hydrogen-bond donors (Lipinski definition) is 3. The lowest BCUT2D eigenvalue weighted by atomic mass is 9.88. The Hall–Kier alpha value is -1.10. The van der Waals surface area contributed by atoms with Gasteiger partial charge < -0.3 is 15.5 Å². The Bertz CT molecular complexity index is 443. The molecule has 120 valence electrons. The number of nitrogens with one attached hydrogen (secondary N) is 1. The van der Waals surface area contributed by atoms with E-state index in [2.05, 4.69) is 26.1 Å². The van der Waals surface area contributed by atoms with Gasteiger partial charge in [-0.2, -0.15) is 0 Å². The van der Waals surface area contributed by atoms with E-state index in [1.807, 2.05) is 24.3 Å². The number of carboxylic acid groups (broad SMARTS) is 1. The van der Waals surface area contributed by atoms with Gasteiger partial charge in [-0.15, -0.1) is 12.4 Å². The van der Waals surface area contributed by atoms with Gasteiger partial charge in [0.25, 0.3) is 0 Å². The van der Waals surface area contributed by atoms with E-state index in [0.29, 0.717) is 13.0 Å². The van der Waals surface area contributed by atoms with Crippen LogP contribution in [0.15, 0.2) is 24.3 Å². The summed E-state index contributed by atoms with van der Waals surface area (Å²) < 4.78 is 0. The van der Waals surface area contributed by atoms with E-state index in [0.717, 1.165) is 17.5 Å². The van der Waals surface area contributed by atoms with E-state index in [1.165, 1.54) is 0 Å². The highest BCUT2D eigenvalue weighted by Crippen LogP contribution is 2.22. The number of carboxylic acids is 1. The van der Waals surface area contributed by atoms with Crippen molar-refractivity contribution in [3.63, 3.8) is 0 Å². The van der Waals surface area contributed by atoms with E-state index in [-0.39, 0.29) is 24.4 Å². The van der Waals surface area contributed by atoms with Crippen LogP contribution in [0.3, 0.4) is 0 Å². The van der Waals surface area contributed by atoms with Crippen LogP contribution in [-0.4, -0.2) is 22.2 Å². The number of aliphatic hydroxyl groups excluding tert-OH is 1. The van der Waals surface area contributed by atoms with E-state index < -0.39 is 12.0 Å². The molecule has 0 saturated heterocycles. The van der Waals surface area contributed by atoms with Crippen LogP contribution in [-0.2, 0) is 17.9 Å². The lowest BCUT2D eigenvalue weighted by molar-refractivity contribution is -0.139. The number of hydrogen-bond acceptors (Lipinski definition) is 3. The molecule has 5 heteroatoms. The summed E-state index contributed by atoms with van der Waals surface area (Å²) >= 11 is 0. The third-order valence-electron chi connectivity index (χ3n) is 3.31. The minimum absolute atomic E-state index is 0. The summed E-state index contributed by atoms with van der Waals surface area (Å²) in [6, 6.07) is 6.95. The summed E-state index contributed by atoms with van der Waals surface area (Å²) in [4.78, 5) is 11.3. The number of rotatable bonds is 7. The predicted octanol–water partition coefficient (Wildman–Crippen LogP) is 2.97. The third kappa shape index (κ3) is 7.46. The average Bonchev–Trinajstić information content (AvgIpc) is 2.37. The van der Waals surface area contributed by atoms with Gasteiger partial charge in [-0.25, -0.2) is 0 Å². The monoisotopic (exact) mass is 315 g/mol. The highest BCUT2D eigenvalue weighted by Gasteiger charge is 2.20. The van der Waals surface area contributed by atoms with Crippen molar-refractivity contribution >= 4 is 18.4 Å². The van der Waals surface area contributed by atoms with Crippen molar-refractivity contribution in [2.24, 2.45) is 5.41 Å². The first-order chi connectivity index (χ1) is 9.33. The lowest BCUT2D eigenvalue weighted by Crippen LogP contribution is -2.37. The Kier molecular flexibility index (Phi) is 8.55. The fourth-order valence-electron chi connectivity index (χ4n) is 2.01. The van der Waals surface area contributed by atoms with E-state index in [4.69, 9.17) is 0 Å². The molecule has 0 amide bonds. The third-order valence-corrected chi connectivity index (χ3v) is 3.31. The molecule has 1 aromatic rings. The average molecular weight is 316 g/mol. The summed E-state index contributed by atoms with van der Waals surface area (Å²) in [6.45, 7) is 6.74. The van der Waals surface area contributed by atoms with E-state index in [1.54, 1.807) is 0 Å². The number of benzene rings is 1. The molecule has 0 aromatic heterocycles. The molecule has 4 nitrogen and oxygen atoms in total. The van der Waals surface area contributed by atoms with E-state index >= 15 is 0 Å². The van der Waals surface area contributed by atoms with Gasteiger partial charge in [0.1, 0.15) is 6.04 Å². The molecule has 3 N–H and O–H groups in total. The maximum Gasteiger partial charge on any atom is 0.320 e. The van der Waals surface area contributed by atoms with Gasteiger partial charge in [0.05, 0.1) is 6.61 Å². The molecule has 0 spiro atoms. The molecule has 0 aliphatic carbocycles. The minimum atomic E-state index is -0.823. The lowest BCUT2D eigenvalue weighted by Gasteiger charge is -2.22. The summed E-state index contributed by atoms with van der Waals surface area (Å²) in [5, 5.41) is 21.6. The summed E-state index contributed by atoms with van der Waals surface area (Å²) in [5.74, 6) is -0.823. The maximum atomic E-state index is 11.3. The van der Waals surface area contributed by atoms with Gasteiger partial charge in [-0.1, -0.05) is 45.0 Å². The smallest absolute Gasteiger partial charge is 0.320 e. The Labute approximate surface area is 133 Å². The largest absolute Gasteiger partial charge is 0.480 e. The Morgan fingerprint density at radius 2 is 1.81 bits per heavy atom. The van der Waals surface area contributed by atoms with Crippen molar-refractivity contribution in [1.82, 2.24) is 5.32 Å². The summed E-state index contributed by atoms with van der Waals surface area (Å²) in [7, 11) is 0. The van der Waals surface area contributed by atoms with Gasteiger partial charge in [0, 0.05) is 6.54 Å². The quantitative estimate of drug-likeness (QED) is 0.723.